The Morgan fingerprint density at radius 2 is 1.91 bits per heavy atom. The smallest absolute Gasteiger partial charge is 0.409 e. The zero-order valence-electron chi connectivity index (χ0n) is 12.2. The number of nitrogens with zero attached hydrogens (tertiary/aromatic N) is 5. The van der Waals surface area contributed by atoms with Crippen LogP contribution in [0.3, 0.4) is 0 Å². The predicted molar refractivity (Wildman–Crippen MR) is 81.8 cm³/mol. The maximum atomic E-state index is 11.2. The van der Waals surface area contributed by atoms with Gasteiger partial charge in [0.1, 0.15) is 5.69 Å². The van der Waals surface area contributed by atoms with Gasteiger partial charge in [-0.2, -0.15) is 0 Å². The highest BCUT2D eigenvalue weighted by atomic mass is 16.6. The van der Waals surface area contributed by atoms with Crippen molar-refractivity contribution in [3.8, 4) is 5.69 Å². The molecule has 0 fully saturated rings. The lowest BCUT2D eigenvalue weighted by Crippen LogP contribution is -2.22. The Bertz CT molecular complexity index is 928. The van der Waals surface area contributed by atoms with Gasteiger partial charge in [-0.15, -0.1) is 0 Å². The second-order valence-corrected chi connectivity index (χ2v) is 4.87. The van der Waals surface area contributed by atoms with E-state index in [1.165, 1.54) is 0 Å². The largest absolute Gasteiger partial charge is 0.438 e. The Kier molecular flexibility index (Phi) is 3.63. The topological polar surface area (TPSA) is 98.5 Å². The van der Waals surface area contributed by atoms with Crippen LogP contribution in [0.4, 0.5) is 11.5 Å². The van der Waals surface area contributed by atoms with Crippen molar-refractivity contribution in [3.05, 3.63) is 75.8 Å². The third-order valence-electron chi connectivity index (χ3n) is 3.16. The molecule has 0 amide bonds. The molecule has 1 heterocycles. The molecule has 0 aliphatic rings. The van der Waals surface area contributed by atoms with E-state index in [2.05, 4.69) is 10.1 Å². The first-order valence-electron chi connectivity index (χ1n) is 6.79. The highest BCUT2D eigenvalue weighted by molar-refractivity contribution is 5.37. The summed E-state index contributed by atoms with van der Waals surface area (Å²) in [4.78, 5) is 16.3. The molecule has 0 spiro atoms. The van der Waals surface area contributed by atoms with Gasteiger partial charge in [-0.1, -0.05) is 35.2 Å². The Morgan fingerprint density at radius 1 is 1.17 bits per heavy atom. The van der Waals surface area contributed by atoms with Crippen LogP contribution in [0, 0.1) is 17.0 Å². The van der Waals surface area contributed by atoms with Gasteiger partial charge in [-0.3, -0.25) is 0 Å². The molecule has 0 saturated carbocycles. The second-order valence-electron chi connectivity index (χ2n) is 4.87. The minimum absolute atomic E-state index is 0.247. The third-order valence-corrected chi connectivity index (χ3v) is 3.16. The normalized spacial score (nSPS) is 11.6. The number of hydrogen-bond donors (Lipinski definition) is 1. The van der Waals surface area contributed by atoms with Crippen molar-refractivity contribution >= 4 is 11.5 Å². The fourth-order valence-corrected chi connectivity index (χ4v) is 2.11. The monoisotopic (exact) mass is 311 g/mol. The number of nitro groups is 1. The maximum absolute atomic E-state index is 11.2. The van der Waals surface area contributed by atoms with E-state index in [1.54, 1.807) is 48.5 Å². The number of hydrogen-bond acceptors (Lipinski definition) is 5. The molecule has 0 atom stereocenters. The van der Waals surface area contributed by atoms with Crippen LogP contribution < -0.4 is 5.49 Å². The summed E-state index contributed by atoms with van der Waals surface area (Å²) in [6.45, 7) is 1.87. The lowest BCUT2D eigenvalue weighted by molar-refractivity contribution is -0.391. The van der Waals surface area contributed by atoms with Crippen molar-refractivity contribution in [2.45, 2.75) is 6.92 Å². The molecule has 0 unspecified atom stereocenters. The molecule has 2 aromatic carbocycles. The first-order valence-corrected chi connectivity index (χ1v) is 6.79. The average Bonchev–Trinajstić information content (AvgIpc) is 2.86. The fraction of sp³-hybridized carbons (Fsp3) is 0.0667. The molecule has 116 valence electrons. The van der Waals surface area contributed by atoms with Crippen molar-refractivity contribution in [2.75, 3.05) is 0 Å². The quantitative estimate of drug-likeness (QED) is 0.456. The van der Waals surface area contributed by atoms with Gasteiger partial charge in [0.25, 0.3) is 5.49 Å². The average molecular weight is 311 g/mol. The van der Waals surface area contributed by atoms with E-state index < -0.39 is 10.7 Å². The van der Waals surface area contributed by atoms with Crippen LogP contribution in [-0.2, 0) is 0 Å². The van der Waals surface area contributed by atoms with E-state index >= 15 is 0 Å². The number of benzene rings is 2. The molecule has 3 aromatic rings. The molecule has 8 heteroatoms. The van der Waals surface area contributed by atoms with E-state index in [-0.39, 0.29) is 5.49 Å². The molecule has 0 aliphatic heterocycles. The molecular weight excluding hydrogens is 298 g/mol. The minimum Gasteiger partial charge on any atom is -0.409 e. The van der Waals surface area contributed by atoms with Gasteiger partial charge in [0.15, 0.2) is 0 Å². The summed E-state index contributed by atoms with van der Waals surface area (Å²) >= 11 is 0. The lowest BCUT2D eigenvalue weighted by atomic mass is 10.2. The van der Waals surface area contributed by atoms with Crippen LogP contribution in [0.15, 0.2) is 59.6 Å². The van der Waals surface area contributed by atoms with Crippen LogP contribution in [-0.4, -0.2) is 24.9 Å². The number of para-hydroxylation sites is 1. The van der Waals surface area contributed by atoms with Gasteiger partial charge < -0.3 is 15.3 Å². The summed E-state index contributed by atoms with van der Waals surface area (Å²) in [6, 6.07) is 15.7. The van der Waals surface area contributed by atoms with Gasteiger partial charge in [0, 0.05) is 0 Å². The zero-order valence-corrected chi connectivity index (χ0v) is 12.2. The van der Waals surface area contributed by atoms with Gasteiger partial charge in [0.2, 0.25) is 0 Å². The van der Waals surface area contributed by atoms with Crippen molar-refractivity contribution in [1.29, 1.82) is 0 Å². The highest BCUT2D eigenvalue weighted by Crippen LogP contribution is 2.13. The highest BCUT2D eigenvalue weighted by Gasteiger charge is 2.24. The Labute approximate surface area is 130 Å². The first-order chi connectivity index (χ1) is 11.1. The molecule has 1 N–H and O–H groups in total. The van der Waals surface area contributed by atoms with Crippen molar-refractivity contribution in [2.24, 2.45) is 4.99 Å². The molecule has 0 saturated heterocycles. The Morgan fingerprint density at radius 3 is 2.57 bits per heavy atom. The molecule has 0 radical (unpaired) electrons. The lowest BCUT2D eigenvalue weighted by Gasteiger charge is -2.00. The molecule has 1 aromatic heterocycles. The number of rotatable bonds is 3. The van der Waals surface area contributed by atoms with E-state index in [9.17, 15) is 15.3 Å². The second kappa shape index (κ2) is 5.76. The van der Waals surface area contributed by atoms with Crippen LogP contribution in [0.25, 0.3) is 5.69 Å². The van der Waals surface area contributed by atoms with Gasteiger partial charge in [0.05, 0.1) is 10.8 Å². The van der Waals surface area contributed by atoms with Crippen LogP contribution >= 0.6 is 0 Å². The van der Waals surface area contributed by atoms with Crippen LogP contribution in [0.5, 0.6) is 0 Å². The maximum Gasteiger partial charge on any atom is 0.438 e. The molecule has 0 bridgehead atoms. The van der Waals surface area contributed by atoms with Gasteiger partial charge >= 0.3 is 5.82 Å². The Hall–Kier alpha value is -3.42. The summed E-state index contributed by atoms with van der Waals surface area (Å²) < 4.78 is 0. The number of aryl methyl sites for hydroxylation is 1. The first kappa shape index (κ1) is 14.5. The van der Waals surface area contributed by atoms with Crippen molar-refractivity contribution in [3.63, 3.8) is 0 Å². The summed E-state index contributed by atoms with van der Waals surface area (Å²) in [5, 5.41) is 25.4. The molecule has 23 heavy (non-hydrogen) atoms. The third kappa shape index (κ3) is 2.82. The van der Waals surface area contributed by atoms with Gasteiger partial charge in [-0.25, -0.2) is 4.99 Å². The van der Waals surface area contributed by atoms with Crippen LogP contribution in [0.2, 0.25) is 0 Å². The molecule has 8 nitrogen and oxygen atoms in total. The number of aromatic nitrogens is 3. The predicted octanol–water partition coefficient (Wildman–Crippen LogP) is 2.36. The molecular formula is C15H13N5O3. The summed E-state index contributed by atoms with van der Waals surface area (Å²) in [7, 11) is 0. The Balaban J connectivity index is 2.24. The summed E-state index contributed by atoms with van der Waals surface area (Å²) in [6.07, 6.45) is 0. The minimum atomic E-state index is -0.680. The fourth-order valence-electron chi connectivity index (χ4n) is 2.11. The van der Waals surface area contributed by atoms with Crippen molar-refractivity contribution < 1.29 is 10.1 Å². The van der Waals surface area contributed by atoms with E-state index in [4.69, 9.17) is 0 Å². The van der Waals surface area contributed by atoms with Gasteiger partial charge in [-0.05, 0) is 46.5 Å². The standard InChI is InChI=1S/C15H13N5O3/c1-11-6-5-9-13(10-11)18-17-15(20(22)23)14(19(18)21)16-12-7-3-2-4-8-12/h2-10,21H,1H3. The zero-order chi connectivity index (χ0) is 16.4. The van der Waals surface area contributed by atoms with Crippen LogP contribution in [0.1, 0.15) is 5.56 Å². The van der Waals surface area contributed by atoms with E-state index in [1.807, 2.05) is 13.0 Å². The van der Waals surface area contributed by atoms with E-state index in [0.717, 1.165) is 10.4 Å². The summed E-state index contributed by atoms with van der Waals surface area (Å²) in [5.74, 6) is -0.530. The SMILES string of the molecule is Cc1cccc(-n2nc([N+](=O)[O-])c(=Nc3ccccc3)n2O)c1. The van der Waals surface area contributed by atoms with Crippen molar-refractivity contribution in [1.82, 2.24) is 14.7 Å². The summed E-state index contributed by atoms with van der Waals surface area (Å²) in [5.41, 5.74) is 1.65. The molecule has 0 aliphatic carbocycles. The van der Waals surface area contributed by atoms with E-state index in [0.29, 0.717) is 16.2 Å². The molecule has 3 rings (SSSR count).